The van der Waals surface area contributed by atoms with Gasteiger partial charge in [-0.1, -0.05) is 43.9 Å². The topological polar surface area (TPSA) is 55.4 Å². The highest BCUT2D eigenvalue weighted by Crippen LogP contribution is 2.43. The number of hydrogen-bond donors (Lipinski definition) is 1. The molecule has 0 aromatic carbocycles. The van der Waals surface area contributed by atoms with Gasteiger partial charge in [0, 0.05) is 0 Å². The summed E-state index contributed by atoms with van der Waals surface area (Å²) in [6, 6.07) is 0. The van der Waals surface area contributed by atoms with E-state index in [1.807, 2.05) is 0 Å². The number of imide groups is 1. The Balaban J connectivity index is 1.24. The van der Waals surface area contributed by atoms with Crippen molar-refractivity contribution in [2.75, 3.05) is 0 Å². The lowest BCUT2D eigenvalue weighted by Gasteiger charge is -2.43. The summed E-state index contributed by atoms with van der Waals surface area (Å²) in [5.41, 5.74) is 0. The fraction of sp³-hybridized carbons (Fsp3) is 0.900. The minimum absolute atomic E-state index is 0.0791. The number of ether oxygens (including phenoxy) is 1. The van der Waals surface area contributed by atoms with E-state index < -0.39 is 0 Å². The summed E-state index contributed by atoms with van der Waals surface area (Å²) < 4.78 is 6.51. The minimum Gasteiger partial charge on any atom is -0.375 e. The molecule has 4 fully saturated rings. The van der Waals surface area contributed by atoms with Gasteiger partial charge in [-0.15, -0.1) is 0 Å². The predicted octanol–water partition coefficient (Wildman–Crippen LogP) is 4.66. The molecule has 0 aromatic rings. The standard InChI is InChI=1S/C20H31NO3S/c22-19-18(25-20(23)21-19)12-14-6-9-17-15(10-14)7-8-16(24-17)11-13-4-2-1-3-5-13/h13-18H,1-12H2,(H,21,22,23). The minimum atomic E-state index is -0.171. The van der Waals surface area contributed by atoms with Gasteiger partial charge in [0.2, 0.25) is 5.91 Å². The molecule has 140 valence electrons. The zero-order valence-electron chi connectivity index (χ0n) is 15.1. The first-order valence-electron chi connectivity index (χ1n) is 10.3. The SMILES string of the molecule is O=C1NC(=O)C(CC2CCC3OC(CC4CCCCC4)CCC3C2)S1. The molecule has 0 aromatic heterocycles. The van der Waals surface area contributed by atoms with E-state index in [1.165, 1.54) is 69.5 Å². The monoisotopic (exact) mass is 365 g/mol. The van der Waals surface area contributed by atoms with Crippen molar-refractivity contribution < 1.29 is 14.3 Å². The van der Waals surface area contributed by atoms with E-state index in [0.29, 0.717) is 24.0 Å². The summed E-state index contributed by atoms with van der Waals surface area (Å²) in [6.07, 6.45) is 16.2. The number of rotatable bonds is 4. The van der Waals surface area contributed by atoms with Gasteiger partial charge < -0.3 is 4.74 Å². The summed E-state index contributed by atoms with van der Waals surface area (Å²) in [5.74, 6) is 2.08. The Labute approximate surface area is 155 Å². The van der Waals surface area contributed by atoms with Crippen LogP contribution in [-0.2, 0) is 9.53 Å². The van der Waals surface area contributed by atoms with Crippen molar-refractivity contribution in [1.29, 1.82) is 0 Å². The Morgan fingerprint density at radius 2 is 1.76 bits per heavy atom. The van der Waals surface area contributed by atoms with Gasteiger partial charge in [0.25, 0.3) is 5.24 Å². The predicted molar refractivity (Wildman–Crippen MR) is 99.5 cm³/mol. The van der Waals surface area contributed by atoms with Gasteiger partial charge >= 0.3 is 0 Å². The van der Waals surface area contributed by atoms with Gasteiger partial charge in [0.1, 0.15) is 0 Å². The number of hydrogen-bond acceptors (Lipinski definition) is 4. The molecule has 2 saturated carbocycles. The van der Waals surface area contributed by atoms with E-state index in [4.69, 9.17) is 4.74 Å². The molecule has 0 bridgehead atoms. The molecular formula is C20H31NO3S. The van der Waals surface area contributed by atoms with Gasteiger partial charge in [-0.2, -0.15) is 0 Å². The molecule has 0 spiro atoms. The quantitative estimate of drug-likeness (QED) is 0.787. The molecule has 0 radical (unpaired) electrons. The normalized spacial score (nSPS) is 39.9. The lowest BCUT2D eigenvalue weighted by atomic mass is 9.73. The molecule has 4 rings (SSSR count). The smallest absolute Gasteiger partial charge is 0.286 e. The Morgan fingerprint density at radius 1 is 0.920 bits per heavy atom. The van der Waals surface area contributed by atoms with Crippen molar-refractivity contribution in [2.24, 2.45) is 17.8 Å². The molecule has 4 aliphatic rings. The highest BCUT2D eigenvalue weighted by Gasteiger charge is 2.40. The van der Waals surface area contributed by atoms with Crippen LogP contribution < -0.4 is 5.32 Å². The number of nitrogens with one attached hydrogen (secondary N) is 1. The molecule has 2 aliphatic carbocycles. The number of carbonyl (C=O) groups is 2. The highest BCUT2D eigenvalue weighted by molar-refractivity contribution is 8.15. The van der Waals surface area contributed by atoms with Crippen molar-refractivity contribution in [3.05, 3.63) is 0 Å². The largest absolute Gasteiger partial charge is 0.375 e. The van der Waals surface area contributed by atoms with E-state index >= 15 is 0 Å². The van der Waals surface area contributed by atoms with E-state index in [2.05, 4.69) is 5.32 Å². The summed E-state index contributed by atoms with van der Waals surface area (Å²) in [5, 5.41) is 2.09. The van der Waals surface area contributed by atoms with Crippen LogP contribution in [0.4, 0.5) is 4.79 Å². The second-order valence-corrected chi connectivity index (χ2v) is 9.85. The second-order valence-electron chi connectivity index (χ2n) is 8.67. The van der Waals surface area contributed by atoms with Gasteiger partial charge in [-0.25, -0.2) is 0 Å². The third-order valence-corrected chi connectivity index (χ3v) is 7.89. The number of carbonyl (C=O) groups excluding carboxylic acids is 2. The first kappa shape index (κ1) is 17.8. The maximum absolute atomic E-state index is 11.8. The van der Waals surface area contributed by atoms with Gasteiger partial charge in [0.05, 0.1) is 17.5 Å². The highest BCUT2D eigenvalue weighted by atomic mass is 32.2. The summed E-state index contributed by atoms with van der Waals surface area (Å²) in [4.78, 5) is 23.1. The molecular weight excluding hydrogens is 334 g/mol. The van der Waals surface area contributed by atoms with Gasteiger partial charge in [-0.05, 0) is 62.7 Å². The van der Waals surface area contributed by atoms with E-state index in [0.717, 1.165) is 25.2 Å². The molecule has 2 heterocycles. The van der Waals surface area contributed by atoms with Crippen molar-refractivity contribution in [3.63, 3.8) is 0 Å². The molecule has 25 heavy (non-hydrogen) atoms. The lowest BCUT2D eigenvalue weighted by molar-refractivity contribution is -0.121. The Hall–Kier alpha value is -0.550. The maximum Gasteiger partial charge on any atom is 0.286 e. The van der Waals surface area contributed by atoms with Crippen LogP contribution in [0, 0.1) is 17.8 Å². The van der Waals surface area contributed by atoms with Crippen molar-refractivity contribution >= 4 is 22.9 Å². The summed E-state index contributed by atoms with van der Waals surface area (Å²) in [6.45, 7) is 0. The Bertz CT molecular complexity index is 505. The van der Waals surface area contributed by atoms with Crippen LogP contribution in [0.2, 0.25) is 0 Å². The number of thioether (sulfide) groups is 1. The molecule has 2 saturated heterocycles. The molecule has 5 unspecified atom stereocenters. The average Bonchev–Trinajstić information content (AvgIpc) is 2.93. The van der Waals surface area contributed by atoms with Crippen LogP contribution in [0.15, 0.2) is 0 Å². The molecule has 1 N–H and O–H groups in total. The Morgan fingerprint density at radius 3 is 2.52 bits per heavy atom. The molecule has 5 heteroatoms. The third kappa shape index (κ3) is 4.41. The molecule has 2 aliphatic heterocycles. The molecule has 2 amide bonds. The maximum atomic E-state index is 11.8. The first-order chi connectivity index (χ1) is 12.2. The molecule has 5 atom stereocenters. The van der Waals surface area contributed by atoms with Crippen LogP contribution in [0.3, 0.4) is 0 Å². The fourth-order valence-corrected chi connectivity index (χ4v) is 6.52. The zero-order chi connectivity index (χ0) is 17.2. The second kappa shape index (κ2) is 7.99. The van der Waals surface area contributed by atoms with Crippen LogP contribution in [-0.4, -0.2) is 28.6 Å². The number of fused-ring (bicyclic) bond motifs is 1. The van der Waals surface area contributed by atoms with Crippen molar-refractivity contribution in [2.45, 2.75) is 94.5 Å². The Kier molecular flexibility index (Phi) is 5.71. The van der Waals surface area contributed by atoms with Crippen molar-refractivity contribution in [3.8, 4) is 0 Å². The number of amides is 2. The van der Waals surface area contributed by atoms with Crippen LogP contribution in [0.5, 0.6) is 0 Å². The van der Waals surface area contributed by atoms with E-state index in [1.54, 1.807) is 0 Å². The van der Waals surface area contributed by atoms with Crippen LogP contribution in [0.1, 0.15) is 77.0 Å². The zero-order valence-corrected chi connectivity index (χ0v) is 15.9. The third-order valence-electron chi connectivity index (χ3n) is 6.88. The molecule has 4 nitrogen and oxygen atoms in total. The van der Waals surface area contributed by atoms with Gasteiger partial charge in [-0.3, -0.25) is 14.9 Å². The van der Waals surface area contributed by atoms with E-state index in [-0.39, 0.29) is 16.4 Å². The summed E-state index contributed by atoms with van der Waals surface area (Å²) in [7, 11) is 0. The van der Waals surface area contributed by atoms with Crippen LogP contribution in [0.25, 0.3) is 0 Å². The van der Waals surface area contributed by atoms with Gasteiger partial charge in [0.15, 0.2) is 0 Å². The van der Waals surface area contributed by atoms with Crippen molar-refractivity contribution in [1.82, 2.24) is 5.32 Å². The first-order valence-corrected chi connectivity index (χ1v) is 11.2. The lowest BCUT2D eigenvalue weighted by Crippen LogP contribution is -2.40. The van der Waals surface area contributed by atoms with Crippen LogP contribution >= 0.6 is 11.8 Å². The summed E-state index contributed by atoms with van der Waals surface area (Å²) >= 11 is 1.19. The average molecular weight is 366 g/mol. The van der Waals surface area contributed by atoms with E-state index in [9.17, 15) is 9.59 Å². The fourth-order valence-electron chi connectivity index (χ4n) is 5.56.